The van der Waals surface area contributed by atoms with Crippen LogP contribution < -0.4 is 5.73 Å². The SMILES string of the molecule is NC1CC(Cc2ccccc2F)C1. The van der Waals surface area contributed by atoms with E-state index in [2.05, 4.69) is 0 Å². The van der Waals surface area contributed by atoms with Gasteiger partial charge in [-0.3, -0.25) is 0 Å². The summed E-state index contributed by atoms with van der Waals surface area (Å²) in [7, 11) is 0. The van der Waals surface area contributed by atoms with E-state index in [9.17, 15) is 4.39 Å². The molecule has 0 radical (unpaired) electrons. The predicted molar refractivity (Wildman–Crippen MR) is 50.8 cm³/mol. The molecular weight excluding hydrogens is 165 g/mol. The normalized spacial score (nSPS) is 26.9. The first-order chi connectivity index (χ1) is 6.25. The van der Waals surface area contributed by atoms with Crippen LogP contribution in [-0.2, 0) is 6.42 Å². The maximum absolute atomic E-state index is 13.2. The van der Waals surface area contributed by atoms with Crippen LogP contribution in [0.25, 0.3) is 0 Å². The Hall–Kier alpha value is -0.890. The van der Waals surface area contributed by atoms with Gasteiger partial charge in [0.25, 0.3) is 0 Å². The number of rotatable bonds is 2. The maximum Gasteiger partial charge on any atom is 0.126 e. The first-order valence-electron chi connectivity index (χ1n) is 4.74. The first kappa shape index (κ1) is 8.70. The molecule has 70 valence electrons. The zero-order valence-corrected chi connectivity index (χ0v) is 7.54. The van der Waals surface area contributed by atoms with Crippen LogP contribution >= 0.6 is 0 Å². The minimum absolute atomic E-state index is 0.0806. The molecule has 2 heteroatoms. The summed E-state index contributed by atoms with van der Waals surface area (Å²) >= 11 is 0. The highest BCUT2D eigenvalue weighted by atomic mass is 19.1. The van der Waals surface area contributed by atoms with Crippen LogP contribution in [0.5, 0.6) is 0 Å². The van der Waals surface area contributed by atoms with Crippen LogP contribution in [-0.4, -0.2) is 6.04 Å². The minimum atomic E-state index is -0.0806. The fraction of sp³-hybridized carbons (Fsp3) is 0.455. The van der Waals surface area contributed by atoms with Gasteiger partial charge in [-0.25, -0.2) is 4.39 Å². The van der Waals surface area contributed by atoms with Crippen LogP contribution in [0.2, 0.25) is 0 Å². The first-order valence-corrected chi connectivity index (χ1v) is 4.74. The summed E-state index contributed by atoms with van der Waals surface area (Å²) in [6, 6.07) is 7.35. The number of hydrogen-bond acceptors (Lipinski definition) is 1. The van der Waals surface area contributed by atoms with Crippen molar-refractivity contribution < 1.29 is 4.39 Å². The zero-order valence-electron chi connectivity index (χ0n) is 7.54. The standard InChI is InChI=1S/C11H14FN/c12-11-4-2-1-3-9(11)5-8-6-10(13)7-8/h1-4,8,10H,5-7,13H2. The smallest absolute Gasteiger partial charge is 0.126 e. The van der Waals surface area contributed by atoms with Crippen molar-refractivity contribution in [1.29, 1.82) is 0 Å². The van der Waals surface area contributed by atoms with E-state index in [-0.39, 0.29) is 5.82 Å². The fourth-order valence-electron chi connectivity index (χ4n) is 1.93. The Morgan fingerprint density at radius 2 is 2.00 bits per heavy atom. The van der Waals surface area contributed by atoms with E-state index in [1.165, 1.54) is 6.07 Å². The average molecular weight is 179 g/mol. The molecule has 0 aliphatic heterocycles. The summed E-state index contributed by atoms with van der Waals surface area (Å²) in [4.78, 5) is 0. The van der Waals surface area contributed by atoms with Gasteiger partial charge in [-0.2, -0.15) is 0 Å². The van der Waals surface area contributed by atoms with E-state index < -0.39 is 0 Å². The van der Waals surface area contributed by atoms with Crippen molar-refractivity contribution in [3.05, 3.63) is 35.6 Å². The monoisotopic (exact) mass is 179 g/mol. The number of halogens is 1. The van der Waals surface area contributed by atoms with Gasteiger partial charge in [-0.1, -0.05) is 18.2 Å². The second-order valence-corrected chi connectivity index (χ2v) is 3.89. The van der Waals surface area contributed by atoms with Gasteiger partial charge in [0.05, 0.1) is 0 Å². The van der Waals surface area contributed by atoms with E-state index in [1.54, 1.807) is 6.07 Å². The van der Waals surface area contributed by atoms with Gasteiger partial charge < -0.3 is 5.73 Å². The van der Waals surface area contributed by atoms with Crippen molar-refractivity contribution in [3.63, 3.8) is 0 Å². The third-order valence-electron chi connectivity index (χ3n) is 2.74. The molecule has 0 aromatic heterocycles. The number of nitrogens with two attached hydrogens (primary N) is 1. The Morgan fingerprint density at radius 3 is 2.62 bits per heavy atom. The Kier molecular flexibility index (Phi) is 2.32. The Bertz CT molecular complexity index is 292. The third-order valence-corrected chi connectivity index (χ3v) is 2.74. The van der Waals surface area contributed by atoms with E-state index in [0.717, 1.165) is 24.8 Å². The molecule has 13 heavy (non-hydrogen) atoms. The molecule has 0 bridgehead atoms. The predicted octanol–water partition coefficient (Wildman–Crippen LogP) is 2.11. The zero-order chi connectivity index (χ0) is 9.26. The molecule has 1 aromatic carbocycles. The molecule has 1 aromatic rings. The van der Waals surface area contributed by atoms with E-state index in [1.807, 2.05) is 12.1 Å². The maximum atomic E-state index is 13.2. The molecule has 1 aliphatic carbocycles. The van der Waals surface area contributed by atoms with Gasteiger partial charge in [0.2, 0.25) is 0 Å². The second kappa shape index (κ2) is 3.46. The van der Waals surface area contributed by atoms with Crippen LogP contribution in [0.3, 0.4) is 0 Å². The molecule has 0 unspecified atom stereocenters. The van der Waals surface area contributed by atoms with Crippen molar-refractivity contribution >= 4 is 0 Å². The van der Waals surface area contributed by atoms with Crippen molar-refractivity contribution in [2.45, 2.75) is 25.3 Å². The van der Waals surface area contributed by atoms with Gasteiger partial charge in [-0.15, -0.1) is 0 Å². The highest BCUT2D eigenvalue weighted by Gasteiger charge is 2.26. The lowest BCUT2D eigenvalue weighted by Crippen LogP contribution is -2.37. The van der Waals surface area contributed by atoms with Crippen molar-refractivity contribution in [2.24, 2.45) is 11.7 Å². The fourth-order valence-corrected chi connectivity index (χ4v) is 1.93. The van der Waals surface area contributed by atoms with Crippen molar-refractivity contribution in [1.82, 2.24) is 0 Å². The Labute approximate surface area is 77.8 Å². The molecule has 1 fully saturated rings. The van der Waals surface area contributed by atoms with Crippen molar-refractivity contribution in [3.8, 4) is 0 Å². The Balaban J connectivity index is 1.98. The average Bonchev–Trinajstić information content (AvgIpc) is 2.06. The van der Waals surface area contributed by atoms with E-state index in [0.29, 0.717) is 12.0 Å². The molecule has 0 atom stereocenters. The highest BCUT2D eigenvalue weighted by Crippen LogP contribution is 2.29. The minimum Gasteiger partial charge on any atom is -0.328 e. The third kappa shape index (κ3) is 1.89. The van der Waals surface area contributed by atoms with Gasteiger partial charge in [0.15, 0.2) is 0 Å². The van der Waals surface area contributed by atoms with Crippen LogP contribution in [0.1, 0.15) is 18.4 Å². The van der Waals surface area contributed by atoms with E-state index in [4.69, 9.17) is 5.73 Å². The molecule has 2 rings (SSSR count). The summed E-state index contributed by atoms with van der Waals surface area (Å²) < 4.78 is 13.2. The molecule has 1 saturated carbocycles. The lowest BCUT2D eigenvalue weighted by Gasteiger charge is -2.32. The number of benzene rings is 1. The topological polar surface area (TPSA) is 26.0 Å². The molecule has 2 N–H and O–H groups in total. The largest absolute Gasteiger partial charge is 0.328 e. The van der Waals surface area contributed by atoms with Gasteiger partial charge in [-0.05, 0) is 36.8 Å². The molecular formula is C11H14FN. The van der Waals surface area contributed by atoms with Crippen LogP contribution in [0.4, 0.5) is 4.39 Å². The van der Waals surface area contributed by atoms with Gasteiger partial charge >= 0.3 is 0 Å². The number of hydrogen-bond donors (Lipinski definition) is 1. The summed E-state index contributed by atoms with van der Waals surface area (Å²) in [6.45, 7) is 0. The Morgan fingerprint density at radius 1 is 1.31 bits per heavy atom. The van der Waals surface area contributed by atoms with Gasteiger partial charge in [0, 0.05) is 6.04 Å². The summed E-state index contributed by atoms with van der Waals surface area (Å²) in [5, 5.41) is 0. The summed E-state index contributed by atoms with van der Waals surface area (Å²) in [5.74, 6) is 0.523. The molecule has 0 amide bonds. The van der Waals surface area contributed by atoms with Crippen molar-refractivity contribution in [2.75, 3.05) is 0 Å². The molecule has 0 spiro atoms. The van der Waals surface area contributed by atoms with Crippen LogP contribution in [0.15, 0.2) is 24.3 Å². The molecule has 0 heterocycles. The van der Waals surface area contributed by atoms with Gasteiger partial charge in [0.1, 0.15) is 5.82 Å². The second-order valence-electron chi connectivity index (χ2n) is 3.89. The molecule has 0 saturated heterocycles. The summed E-state index contributed by atoms with van der Waals surface area (Å²) in [6.07, 6.45) is 2.95. The van der Waals surface area contributed by atoms with E-state index >= 15 is 0 Å². The highest BCUT2D eigenvalue weighted by molar-refractivity contribution is 5.18. The quantitative estimate of drug-likeness (QED) is 0.739. The molecule has 1 aliphatic rings. The summed E-state index contributed by atoms with van der Waals surface area (Å²) in [5.41, 5.74) is 6.50. The van der Waals surface area contributed by atoms with Crippen LogP contribution in [0, 0.1) is 11.7 Å². The lowest BCUT2D eigenvalue weighted by atomic mass is 9.77. The molecule has 1 nitrogen and oxygen atoms in total. The lowest BCUT2D eigenvalue weighted by molar-refractivity contribution is 0.262.